The van der Waals surface area contributed by atoms with E-state index in [1.54, 1.807) is 0 Å². The fourth-order valence-electron chi connectivity index (χ4n) is 1.20. The minimum Gasteiger partial charge on any atom is -0.387 e. The van der Waals surface area contributed by atoms with E-state index in [9.17, 15) is 9.90 Å². The van der Waals surface area contributed by atoms with Crippen LogP contribution in [0.1, 0.15) is 12.8 Å². The normalized spacial score (nSPS) is 25.0. The number of carbonyl (C=O) groups is 1. The number of rotatable bonds is 3. The molecule has 0 aromatic carbocycles. The number of aliphatic hydroxyl groups is 1. The van der Waals surface area contributed by atoms with E-state index in [-0.39, 0.29) is 23.5 Å². The Morgan fingerprint density at radius 1 is 1.55 bits per heavy atom. The summed E-state index contributed by atoms with van der Waals surface area (Å²) in [4.78, 5) is 10.9. The van der Waals surface area contributed by atoms with Gasteiger partial charge in [0.25, 0.3) is 0 Å². The summed E-state index contributed by atoms with van der Waals surface area (Å²) in [6.45, 7) is 0. The van der Waals surface area contributed by atoms with Crippen LogP contribution in [0.4, 0.5) is 0 Å². The maximum Gasteiger partial charge on any atom is 0.138 e. The molecule has 1 N–H and O–H groups in total. The van der Waals surface area contributed by atoms with E-state index < -0.39 is 5.60 Å². The first-order valence-corrected chi connectivity index (χ1v) is 4.58. The van der Waals surface area contributed by atoms with Gasteiger partial charge in [-0.2, -0.15) is 0 Å². The molecule has 0 bridgehead atoms. The summed E-state index contributed by atoms with van der Waals surface area (Å²) in [5.74, 6) is -0.175. The van der Waals surface area contributed by atoms with Crippen LogP contribution in [0.25, 0.3) is 0 Å². The van der Waals surface area contributed by atoms with Gasteiger partial charge in [-0.1, -0.05) is 0 Å². The van der Waals surface area contributed by atoms with Crippen LogP contribution in [0.15, 0.2) is 0 Å². The summed E-state index contributed by atoms with van der Waals surface area (Å²) in [5.41, 5.74) is -1.17. The highest BCUT2D eigenvalue weighted by atomic mass is 35.5. The predicted molar refractivity (Wildman–Crippen MR) is 44.1 cm³/mol. The SMILES string of the molecule is O=C1CCC1C(O)(CCl)CCl. The number of hydrogen-bond donors (Lipinski definition) is 1. The van der Waals surface area contributed by atoms with Gasteiger partial charge in [-0.25, -0.2) is 0 Å². The molecule has 0 amide bonds. The first-order chi connectivity index (χ1) is 5.14. The van der Waals surface area contributed by atoms with Gasteiger partial charge in [-0.05, 0) is 6.42 Å². The molecule has 0 heterocycles. The van der Waals surface area contributed by atoms with E-state index in [0.29, 0.717) is 6.42 Å². The molecule has 11 heavy (non-hydrogen) atoms. The van der Waals surface area contributed by atoms with E-state index in [0.717, 1.165) is 6.42 Å². The lowest BCUT2D eigenvalue weighted by Gasteiger charge is -2.37. The van der Waals surface area contributed by atoms with Crippen LogP contribution in [0.2, 0.25) is 0 Å². The molecular formula is C7H10Cl2O2. The molecule has 1 aliphatic rings. The Balaban J connectivity index is 2.61. The standard InChI is InChI=1S/C7H10Cl2O2/c8-3-7(11,4-9)5-1-2-6(5)10/h5,11H,1-4H2. The van der Waals surface area contributed by atoms with Crippen molar-refractivity contribution in [1.29, 1.82) is 0 Å². The molecule has 1 saturated carbocycles. The Labute approximate surface area is 75.5 Å². The summed E-state index contributed by atoms with van der Waals surface area (Å²) >= 11 is 11.0. The summed E-state index contributed by atoms with van der Waals surface area (Å²) in [6, 6.07) is 0. The number of halogens is 2. The molecule has 1 fully saturated rings. The Morgan fingerprint density at radius 3 is 2.18 bits per heavy atom. The highest BCUT2D eigenvalue weighted by molar-refractivity contribution is 6.22. The summed E-state index contributed by atoms with van der Waals surface area (Å²) in [7, 11) is 0. The maximum absolute atomic E-state index is 10.9. The van der Waals surface area contributed by atoms with E-state index >= 15 is 0 Å². The van der Waals surface area contributed by atoms with Crippen LogP contribution in [0, 0.1) is 5.92 Å². The van der Waals surface area contributed by atoms with Gasteiger partial charge < -0.3 is 5.11 Å². The van der Waals surface area contributed by atoms with Crippen LogP contribution in [0.3, 0.4) is 0 Å². The monoisotopic (exact) mass is 196 g/mol. The fraction of sp³-hybridized carbons (Fsp3) is 0.857. The predicted octanol–water partition coefficient (Wildman–Crippen LogP) is 1.17. The molecule has 0 aromatic heterocycles. The maximum atomic E-state index is 10.9. The molecule has 1 unspecified atom stereocenters. The molecule has 1 rings (SSSR count). The van der Waals surface area contributed by atoms with Crippen molar-refractivity contribution in [1.82, 2.24) is 0 Å². The average Bonchev–Trinajstić information content (AvgIpc) is 2.01. The molecule has 0 spiro atoms. The zero-order chi connectivity index (χ0) is 8.48. The molecule has 0 radical (unpaired) electrons. The summed E-state index contributed by atoms with van der Waals surface area (Å²) in [5, 5.41) is 9.63. The molecular weight excluding hydrogens is 187 g/mol. The van der Waals surface area contributed by atoms with E-state index in [2.05, 4.69) is 0 Å². The molecule has 0 aliphatic heterocycles. The fourth-order valence-corrected chi connectivity index (χ4v) is 1.86. The third kappa shape index (κ3) is 1.53. The van der Waals surface area contributed by atoms with Crippen molar-refractivity contribution in [2.24, 2.45) is 5.92 Å². The van der Waals surface area contributed by atoms with Crippen molar-refractivity contribution in [3.63, 3.8) is 0 Å². The quantitative estimate of drug-likeness (QED) is 0.689. The van der Waals surface area contributed by atoms with E-state index in [1.807, 2.05) is 0 Å². The largest absolute Gasteiger partial charge is 0.387 e. The van der Waals surface area contributed by atoms with Gasteiger partial charge in [0.05, 0.1) is 11.8 Å². The Hall–Kier alpha value is 0.210. The minimum absolute atomic E-state index is 0.0346. The third-order valence-corrected chi connectivity index (χ3v) is 3.11. The first kappa shape index (κ1) is 9.30. The lowest BCUT2D eigenvalue weighted by molar-refractivity contribution is -0.139. The van der Waals surface area contributed by atoms with Crippen molar-refractivity contribution in [2.75, 3.05) is 11.8 Å². The van der Waals surface area contributed by atoms with Gasteiger partial charge in [0, 0.05) is 12.3 Å². The number of Topliss-reactive ketones (excluding diaryl/α,β-unsaturated/α-hetero) is 1. The summed E-state index contributed by atoms with van der Waals surface area (Å²) in [6.07, 6.45) is 1.27. The first-order valence-electron chi connectivity index (χ1n) is 3.51. The minimum atomic E-state index is -1.17. The molecule has 1 aliphatic carbocycles. The Kier molecular flexibility index (Phi) is 2.79. The third-order valence-electron chi connectivity index (χ3n) is 2.18. The van der Waals surface area contributed by atoms with Crippen LogP contribution in [-0.4, -0.2) is 28.3 Å². The smallest absolute Gasteiger partial charge is 0.138 e. The molecule has 0 aromatic rings. The number of carbonyl (C=O) groups excluding carboxylic acids is 1. The number of hydrogen-bond acceptors (Lipinski definition) is 2. The second-order valence-corrected chi connectivity index (χ2v) is 3.46. The van der Waals surface area contributed by atoms with Gasteiger partial charge in [-0.3, -0.25) is 4.79 Å². The highest BCUT2D eigenvalue weighted by Gasteiger charge is 2.44. The molecule has 2 nitrogen and oxygen atoms in total. The van der Waals surface area contributed by atoms with Gasteiger partial charge >= 0.3 is 0 Å². The topological polar surface area (TPSA) is 37.3 Å². The van der Waals surface area contributed by atoms with Crippen molar-refractivity contribution in [3.05, 3.63) is 0 Å². The lowest BCUT2D eigenvalue weighted by Crippen LogP contribution is -2.50. The second kappa shape index (κ2) is 3.30. The van der Waals surface area contributed by atoms with Crippen LogP contribution in [-0.2, 0) is 4.79 Å². The average molecular weight is 197 g/mol. The van der Waals surface area contributed by atoms with Gasteiger partial charge in [0.2, 0.25) is 0 Å². The molecule has 1 atom stereocenters. The zero-order valence-electron chi connectivity index (χ0n) is 6.02. The lowest BCUT2D eigenvalue weighted by atomic mass is 9.73. The molecule has 64 valence electrons. The van der Waals surface area contributed by atoms with Crippen LogP contribution >= 0.6 is 23.2 Å². The van der Waals surface area contributed by atoms with Crippen LogP contribution in [0.5, 0.6) is 0 Å². The zero-order valence-corrected chi connectivity index (χ0v) is 7.53. The Morgan fingerprint density at radius 2 is 2.09 bits per heavy atom. The van der Waals surface area contributed by atoms with Gasteiger partial charge in [-0.15, -0.1) is 23.2 Å². The van der Waals surface area contributed by atoms with Gasteiger partial charge in [0.15, 0.2) is 0 Å². The van der Waals surface area contributed by atoms with Crippen molar-refractivity contribution < 1.29 is 9.90 Å². The van der Waals surface area contributed by atoms with Crippen LogP contribution < -0.4 is 0 Å². The van der Waals surface area contributed by atoms with Crippen molar-refractivity contribution >= 4 is 29.0 Å². The molecule has 4 heteroatoms. The second-order valence-electron chi connectivity index (χ2n) is 2.93. The number of ketones is 1. The number of alkyl halides is 2. The Bertz CT molecular complexity index is 166. The van der Waals surface area contributed by atoms with Gasteiger partial charge in [0.1, 0.15) is 11.4 Å². The van der Waals surface area contributed by atoms with Crippen molar-refractivity contribution in [3.8, 4) is 0 Å². The van der Waals surface area contributed by atoms with E-state index in [1.165, 1.54) is 0 Å². The van der Waals surface area contributed by atoms with E-state index in [4.69, 9.17) is 23.2 Å². The van der Waals surface area contributed by atoms with Crippen molar-refractivity contribution in [2.45, 2.75) is 18.4 Å². The summed E-state index contributed by atoms with van der Waals surface area (Å²) < 4.78 is 0. The molecule has 0 saturated heterocycles. The highest BCUT2D eigenvalue weighted by Crippen LogP contribution is 2.34.